The summed E-state index contributed by atoms with van der Waals surface area (Å²) >= 11 is 5.89. The summed E-state index contributed by atoms with van der Waals surface area (Å²) in [6.07, 6.45) is 1.08. The maximum Gasteiger partial charge on any atom is 0.169 e. The van der Waals surface area contributed by atoms with E-state index in [0.717, 1.165) is 36.1 Å². The smallest absolute Gasteiger partial charge is 0.169 e. The van der Waals surface area contributed by atoms with Crippen LogP contribution in [0.4, 0.5) is 5.69 Å². The number of benzene rings is 3. The van der Waals surface area contributed by atoms with E-state index in [1.165, 1.54) is 16.7 Å². The third-order valence-corrected chi connectivity index (χ3v) is 6.85. The fourth-order valence-corrected chi connectivity index (χ4v) is 5.25. The highest BCUT2D eigenvalue weighted by Crippen LogP contribution is 2.51. The molecule has 1 saturated heterocycles. The molecule has 0 aromatic heterocycles. The van der Waals surface area contributed by atoms with Gasteiger partial charge in [0.05, 0.1) is 19.2 Å². The fourth-order valence-electron chi connectivity index (χ4n) is 4.98. The minimum absolute atomic E-state index is 0.215. The van der Waals surface area contributed by atoms with E-state index < -0.39 is 0 Å². The maximum atomic E-state index is 5.89. The molecular weight excluding hydrogens is 402 g/mol. The van der Waals surface area contributed by atoms with Crippen molar-refractivity contribution in [2.24, 2.45) is 5.92 Å². The second-order valence-corrected chi connectivity index (χ2v) is 8.61. The molecule has 0 unspecified atom stereocenters. The first-order valence-corrected chi connectivity index (χ1v) is 11.2. The zero-order valence-electron chi connectivity index (χ0n) is 17.6. The predicted molar refractivity (Wildman–Crippen MR) is 129 cm³/mol. The number of hydrogen-bond acceptors (Lipinski definition) is 3. The number of nitrogens with one attached hydrogen (secondary N) is 2. The largest absolute Gasteiger partial charge is 0.497 e. The summed E-state index contributed by atoms with van der Waals surface area (Å²) in [5, 5.41) is 8.12. The summed E-state index contributed by atoms with van der Waals surface area (Å²) in [5.74, 6) is 1.31. The van der Waals surface area contributed by atoms with Gasteiger partial charge in [0.2, 0.25) is 0 Å². The van der Waals surface area contributed by atoms with E-state index in [1.54, 1.807) is 7.11 Å². The van der Waals surface area contributed by atoms with Gasteiger partial charge in [0, 0.05) is 30.3 Å². The monoisotopic (exact) mass is 429 g/mol. The lowest BCUT2D eigenvalue weighted by Gasteiger charge is -2.41. The molecule has 0 aliphatic carbocycles. The Morgan fingerprint density at radius 3 is 2.55 bits per heavy atom. The van der Waals surface area contributed by atoms with Crippen LogP contribution < -0.4 is 15.4 Å². The first-order chi connectivity index (χ1) is 15.2. The van der Waals surface area contributed by atoms with Crippen molar-refractivity contribution in [3.05, 3.63) is 95.6 Å². The number of thiocarbonyl (C=S) groups is 1. The Morgan fingerprint density at radius 1 is 1.06 bits per heavy atom. The lowest BCUT2D eigenvalue weighted by molar-refractivity contribution is 0.300. The van der Waals surface area contributed by atoms with Crippen LogP contribution in [0.2, 0.25) is 0 Å². The molecule has 1 fully saturated rings. The van der Waals surface area contributed by atoms with E-state index in [1.807, 2.05) is 12.1 Å². The Kier molecular flexibility index (Phi) is 5.51. The van der Waals surface area contributed by atoms with Crippen molar-refractivity contribution in [1.82, 2.24) is 10.2 Å². The quantitative estimate of drug-likeness (QED) is 0.551. The van der Waals surface area contributed by atoms with Gasteiger partial charge in [-0.05, 0) is 48.0 Å². The Balaban J connectivity index is 1.46. The standard InChI is InChI=1S/C26H27N3OS/c1-30-20-12-13-23-22(16-20)25-21(24(28-23)19-10-6-3-7-11-19)14-15-29(25)26(31)27-17-18-8-4-2-5-9-18/h2-13,16,21,24-25,28H,14-15,17H2,1H3,(H,27,31)/t21-,24+,25-/m0/s1. The third-order valence-electron chi connectivity index (χ3n) is 6.47. The first-order valence-electron chi connectivity index (χ1n) is 10.8. The molecule has 3 atom stereocenters. The zero-order chi connectivity index (χ0) is 21.2. The van der Waals surface area contributed by atoms with Gasteiger partial charge in [-0.2, -0.15) is 0 Å². The van der Waals surface area contributed by atoms with Crippen molar-refractivity contribution in [3.8, 4) is 5.75 Å². The van der Waals surface area contributed by atoms with Gasteiger partial charge in [0.25, 0.3) is 0 Å². The minimum Gasteiger partial charge on any atom is -0.497 e. The molecule has 5 heteroatoms. The molecule has 3 aromatic rings. The normalized spacial score (nSPS) is 21.6. The van der Waals surface area contributed by atoms with Gasteiger partial charge < -0.3 is 20.3 Å². The van der Waals surface area contributed by atoms with E-state index in [4.69, 9.17) is 17.0 Å². The Hall–Kier alpha value is -3.05. The molecule has 0 spiro atoms. The lowest BCUT2D eigenvalue weighted by Crippen LogP contribution is -2.42. The Labute approximate surface area is 189 Å². The van der Waals surface area contributed by atoms with Gasteiger partial charge >= 0.3 is 0 Å². The van der Waals surface area contributed by atoms with Gasteiger partial charge in [-0.3, -0.25) is 0 Å². The zero-order valence-corrected chi connectivity index (χ0v) is 18.4. The SMILES string of the molecule is COc1ccc2c(c1)[C@@H]1[C@@H](CCN1C(=S)NCc1ccccc1)[C@@H](c1ccccc1)N2. The van der Waals surface area contributed by atoms with Gasteiger partial charge in [0.1, 0.15) is 5.75 Å². The van der Waals surface area contributed by atoms with E-state index in [2.05, 4.69) is 82.3 Å². The molecule has 158 valence electrons. The van der Waals surface area contributed by atoms with Crippen molar-refractivity contribution < 1.29 is 4.74 Å². The summed E-state index contributed by atoms with van der Waals surface area (Å²) in [6, 6.07) is 28.0. The summed E-state index contributed by atoms with van der Waals surface area (Å²) in [6.45, 7) is 1.68. The lowest BCUT2D eigenvalue weighted by atomic mass is 9.80. The highest BCUT2D eigenvalue weighted by Gasteiger charge is 2.45. The molecule has 4 nitrogen and oxygen atoms in total. The van der Waals surface area contributed by atoms with E-state index in [9.17, 15) is 0 Å². The van der Waals surface area contributed by atoms with Crippen molar-refractivity contribution >= 4 is 23.0 Å². The average Bonchev–Trinajstić information content (AvgIpc) is 3.28. The molecule has 5 rings (SSSR count). The van der Waals surface area contributed by atoms with Crippen molar-refractivity contribution in [2.75, 3.05) is 19.0 Å². The summed E-state index contributed by atoms with van der Waals surface area (Å²) in [4.78, 5) is 2.37. The van der Waals surface area contributed by atoms with Crippen LogP contribution in [0.15, 0.2) is 78.9 Å². The van der Waals surface area contributed by atoms with E-state index in [-0.39, 0.29) is 12.1 Å². The average molecular weight is 430 g/mol. The number of anilines is 1. The van der Waals surface area contributed by atoms with Crippen molar-refractivity contribution in [2.45, 2.75) is 25.0 Å². The summed E-state index contributed by atoms with van der Waals surface area (Å²) in [5.41, 5.74) is 4.98. The van der Waals surface area contributed by atoms with Crippen LogP contribution in [-0.2, 0) is 6.54 Å². The molecule has 2 aliphatic heterocycles. The van der Waals surface area contributed by atoms with Crippen LogP contribution in [-0.4, -0.2) is 23.7 Å². The van der Waals surface area contributed by atoms with Crippen LogP contribution in [0.1, 0.15) is 35.2 Å². The van der Waals surface area contributed by atoms with Crippen molar-refractivity contribution in [3.63, 3.8) is 0 Å². The molecule has 0 saturated carbocycles. The third kappa shape index (κ3) is 3.86. The first kappa shape index (κ1) is 19.9. The Bertz CT molecular complexity index is 1060. The number of ether oxygens (including phenoxy) is 1. The molecule has 2 aliphatic rings. The molecule has 0 bridgehead atoms. The van der Waals surface area contributed by atoms with Crippen LogP contribution >= 0.6 is 12.2 Å². The van der Waals surface area contributed by atoms with Crippen LogP contribution in [0, 0.1) is 5.92 Å². The number of methoxy groups -OCH3 is 1. The van der Waals surface area contributed by atoms with Gasteiger partial charge in [-0.15, -0.1) is 0 Å². The topological polar surface area (TPSA) is 36.5 Å². The highest BCUT2D eigenvalue weighted by atomic mass is 32.1. The second kappa shape index (κ2) is 8.60. The molecule has 2 heterocycles. The fraction of sp³-hybridized carbons (Fsp3) is 0.269. The molecule has 2 N–H and O–H groups in total. The summed E-state index contributed by atoms with van der Waals surface area (Å²) < 4.78 is 5.55. The van der Waals surface area contributed by atoms with Crippen LogP contribution in [0.5, 0.6) is 5.75 Å². The summed E-state index contributed by atoms with van der Waals surface area (Å²) in [7, 11) is 1.72. The van der Waals surface area contributed by atoms with Gasteiger partial charge in [-0.25, -0.2) is 0 Å². The molecule has 0 radical (unpaired) electrons. The number of nitrogens with zero attached hydrogens (tertiary/aromatic N) is 1. The molecular formula is C26H27N3OS. The Morgan fingerprint density at radius 2 is 1.81 bits per heavy atom. The van der Waals surface area contributed by atoms with Gasteiger partial charge in [-0.1, -0.05) is 60.7 Å². The number of hydrogen-bond donors (Lipinski definition) is 2. The number of rotatable bonds is 4. The molecule has 0 amide bonds. The molecule has 3 aromatic carbocycles. The maximum absolute atomic E-state index is 5.89. The molecule has 31 heavy (non-hydrogen) atoms. The predicted octanol–water partition coefficient (Wildman–Crippen LogP) is 5.30. The van der Waals surface area contributed by atoms with Gasteiger partial charge in [0.15, 0.2) is 5.11 Å². The minimum atomic E-state index is 0.215. The highest BCUT2D eigenvalue weighted by molar-refractivity contribution is 7.80. The van der Waals surface area contributed by atoms with Crippen LogP contribution in [0.25, 0.3) is 0 Å². The van der Waals surface area contributed by atoms with E-state index in [0.29, 0.717) is 5.92 Å². The van der Waals surface area contributed by atoms with Crippen molar-refractivity contribution in [1.29, 1.82) is 0 Å². The number of likely N-dealkylation sites (tertiary alicyclic amines) is 1. The second-order valence-electron chi connectivity index (χ2n) is 8.22. The van der Waals surface area contributed by atoms with Crippen LogP contribution in [0.3, 0.4) is 0 Å². The number of fused-ring (bicyclic) bond motifs is 3. The van der Waals surface area contributed by atoms with E-state index >= 15 is 0 Å².